The van der Waals surface area contributed by atoms with Gasteiger partial charge in [0, 0.05) is 24.6 Å². The van der Waals surface area contributed by atoms with Crippen LogP contribution < -0.4 is 4.74 Å². The Labute approximate surface area is 136 Å². The standard InChI is InChI=1S/C16H19N3OS.CH4/c1-2-5-12(6-3-1)15-17-18-16(21-15)20-14-8-10-19-9-4-7-13(14)11-19;/h1-3,5-6,13-14H,4,7-11H2;1H4/t13?,14-;/m0./s1. The van der Waals surface area contributed by atoms with Crippen LogP contribution in [0.1, 0.15) is 26.7 Å². The summed E-state index contributed by atoms with van der Waals surface area (Å²) in [5.41, 5.74) is 1.11. The van der Waals surface area contributed by atoms with Crippen molar-refractivity contribution in [1.82, 2.24) is 15.1 Å². The highest BCUT2D eigenvalue weighted by atomic mass is 32.1. The number of hydrogen-bond donors (Lipinski definition) is 0. The fraction of sp³-hybridized carbons (Fsp3) is 0.529. The van der Waals surface area contributed by atoms with Crippen LogP contribution in [0.3, 0.4) is 0 Å². The van der Waals surface area contributed by atoms with E-state index in [0.29, 0.717) is 12.0 Å². The third-order valence-electron chi connectivity index (χ3n) is 4.48. The predicted octanol–water partition coefficient (Wildman–Crippen LogP) is 3.70. The van der Waals surface area contributed by atoms with E-state index in [9.17, 15) is 0 Å². The summed E-state index contributed by atoms with van der Waals surface area (Å²) in [5.74, 6) is 0.663. The average Bonchev–Trinajstić information content (AvgIpc) is 3.00. The predicted molar refractivity (Wildman–Crippen MR) is 90.3 cm³/mol. The molecule has 22 heavy (non-hydrogen) atoms. The summed E-state index contributed by atoms with van der Waals surface area (Å²) in [6.45, 7) is 3.61. The van der Waals surface area contributed by atoms with Crippen LogP contribution >= 0.6 is 11.3 Å². The lowest BCUT2D eigenvalue weighted by Crippen LogP contribution is -2.48. The molecular formula is C17H23N3OS. The number of fused-ring (bicyclic) bond motifs is 2. The minimum atomic E-state index is 0. The Hall–Kier alpha value is -1.46. The van der Waals surface area contributed by atoms with Crippen molar-refractivity contribution in [2.24, 2.45) is 5.92 Å². The maximum Gasteiger partial charge on any atom is 0.294 e. The Balaban J connectivity index is 0.00000144. The normalized spacial score (nSPS) is 27.0. The summed E-state index contributed by atoms with van der Waals surface area (Å²) in [5, 5.41) is 10.1. The van der Waals surface area contributed by atoms with Gasteiger partial charge in [0.1, 0.15) is 6.10 Å². The zero-order valence-electron chi connectivity index (χ0n) is 11.9. The van der Waals surface area contributed by atoms with E-state index in [0.717, 1.165) is 28.7 Å². The molecule has 2 bridgehead atoms. The van der Waals surface area contributed by atoms with E-state index >= 15 is 0 Å². The Morgan fingerprint density at radius 1 is 1.09 bits per heavy atom. The second-order valence-electron chi connectivity index (χ2n) is 5.89. The van der Waals surface area contributed by atoms with Gasteiger partial charge in [-0.2, -0.15) is 0 Å². The van der Waals surface area contributed by atoms with Crippen LogP contribution in [-0.4, -0.2) is 40.8 Å². The van der Waals surface area contributed by atoms with Gasteiger partial charge in [-0.05, 0) is 25.8 Å². The highest BCUT2D eigenvalue weighted by Crippen LogP contribution is 2.33. The molecular weight excluding hydrogens is 294 g/mol. The number of rotatable bonds is 3. The third kappa shape index (κ3) is 3.15. The molecule has 0 spiro atoms. The first-order chi connectivity index (χ1) is 10.4. The summed E-state index contributed by atoms with van der Waals surface area (Å²) in [7, 11) is 0. The number of benzene rings is 1. The van der Waals surface area contributed by atoms with Crippen LogP contribution in [0.4, 0.5) is 0 Å². The van der Waals surface area contributed by atoms with Gasteiger partial charge in [0.05, 0.1) is 0 Å². The SMILES string of the molecule is C.c1ccc(-c2nnc(O[C@H]3CCN4CCCC3C4)s2)cc1. The molecule has 2 unspecified atom stereocenters. The van der Waals surface area contributed by atoms with Crippen LogP contribution in [0.25, 0.3) is 10.6 Å². The molecule has 1 aromatic carbocycles. The van der Waals surface area contributed by atoms with Gasteiger partial charge in [-0.25, -0.2) is 0 Å². The molecule has 5 heteroatoms. The highest BCUT2D eigenvalue weighted by molar-refractivity contribution is 7.16. The van der Waals surface area contributed by atoms with Crippen LogP contribution in [0.15, 0.2) is 30.3 Å². The zero-order chi connectivity index (χ0) is 14.1. The minimum absolute atomic E-state index is 0. The topological polar surface area (TPSA) is 38.3 Å². The van der Waals surface area contributed by atoms with Crippen molar-refractivity contribution < 1.29 is 4.74 Å². The van der Waals surface area contributed by atoms with Gasteiger partial charge in [-0.1, -0.05) is 54.2 Å². The molecule has 0 amide bonds. The van der Waals surface area contributed by atoms with Crippen LogP contribution in [0, 0.1) is 5.92 Å². The van der Waals surface area contributed by atoms with Gasteiger partial charge < -0.3 is 9.64 Å². The first kappa shape index (κ1) is 15.4. The monoisotopic (exact) mass is 317 g/mol. The molecule has 1 aromatic heterocycles. The van der Waals surface area contributed by atoms with Crippen LogP contribution in [0.5, 0.6) is 5.19 Å². The fourth-order valence-electron chi connectivity index (χ4n) is 3.38. The molecule has 0 N–H and O–H groups in total. The van der Waals surface area contributed by atoms with Crippen molar-refractivity contribution >= 4 is 11.3 Å². The minimum Gasteiger partial charge on any atom is -0.465 e. The molecule has 4 nitrogen and oxygen atoms in total. The van der Waals surface area contributed by atoms with Crippen LogP contribution in [-0.2, 0) is 0 Å². The Bertz CT molecular complexity index is 601. The lowest BCUT2D eigenvalue weighted by atomic mass is 9.87. The van der Waals surface area contributed by atoms with Crippen molar-refractivity contribution in [2.45, 2.75) is 32.8 Å². The second kappa shape index (κ2) is 6.75. The Morgan fingerprint density at radius 2 is 1.95 bits per heavy atom. The van der Waals surface area contributed by atoms with E-state index in [-0.39, 0.29) is 7.43 Å². The Kier molecular flexibility index (Phi) is 4.74. The van der Waals surface area contributed by atoms with Crippen molar-refractivity contribution in [1.29, 1.82) is 0 Å². The molecule has 0 aliphatic carbocycles. The number of nitrogens with zero attached hydrogens (tertiary/aromatic N) is 3. The third-order valence-corrected chi connectivity index (χ3v) is 5.34. The summed E-state index contributed by atoms with van der Waals surface area (Å²) in [6, 6.07) is 10.2. The highest BCUT2D eigenvalue weighted by Gasteiger charge is 2.33. The average molecular weight is 317 g/mol. The lowest BCUT2D eigenvalue weighted by Gasteiger charge is -2.41. The molecule has 3 heterocycles. The van der Waals surface area contributed by atoms with Crippen molar-refractivity contribution in [3.63, 3.8) is 0 Å². The van der Waals surface area contributed by atoms with E-state index in [1.54, 1.807) is 11.3 Å². The number of ether oxygens (including phenoxy) is 1. The maximum absolute atomic E-state index is 6.16. The second-order valence-corrected chi connectivity index (χ2v) is 6.83. The molecule has 2 fully saturated rings. The van der Waals surface area contributed by atoms with Gasteiger partial charge in [-0.15, -0.1) is 5.10 Å². The molecule has 0 saturated carbocycles. The smallest absolute Gasteiger partial charge is 0.294 e. The molecule has 4 rings (SSSR count). The lowest BCUT2D eigenvalue weighted by molar-refractivity contribution is 0.0147. The summed E-state index contributed by atoms with van der Waals surface area (Å²) >= 11 is 1.55. The molecule has 2 aromatic rings. The first-order valence-corrected chi connectivity index (χ1v) is 8.48. The molecule has 2 aliphatic rings. The Morgan fingerprint density at radius 3 is 2.82 bits per heavy atom. The van der Waals surface area contributed by atoms with E-state index in [4.69, 9.17) is 4.74 Å². The zero-order valence-corrected chi connectivity index (χ0v) is 12.8. The van der Waals surface area contributed by atoms with Crippen molar-refractivity contribution in [2.75, 3.05) is 19.6 Å². The van der Waals surface area contributed by atoms with Gasteiger partial charge in [0.15, 0.2) is 5.01 Å². The quantitative estimate of drug-likeness (QED) is 0.865. The van der Waals surface area contributed by atoms with E-state index in [2.05, 4.69) is 27.2 Å². The van der Waals surface area contributed by atoms with Crippen LogP contribution in [0.2, 0.25) is 0 Å². The first-order valence-electron chi connectivity index (χ1n) is 7.66. The van der Waals surface area contributed by atoms with Gasteiger partial charge in [0.25, 0.3) is 5.19 Å². The molecule has 2 aliphatic heterocycles. The van der Waals surface area contributed by atoms with E-state index < -0.39 is 0 Å². The largest absolute Gasteiger partial charge is 0.465 e. The van der Waals surface area contributed by atoms with Gasteiger partial charge in [0.2, 0.25) is 0 Å². The van der Waals surface area contributed by atoms with Crippen molar-refractivity contribution in [3.05, 3.63) is 30.3 Å². The summed E-state index contributed by atoms with van der Waals surface area (Å²) in [6.07, 6.45) is 4.02. The molecule has 2 saturated heterocycles. The fourth-order valence-corrected chi connectivity index (χ4v) is 4.14. The number of aromatic nitrogens is 2. The number of piperidine rings is 2. The number of hydrogen-bond acceptors (Lipinski definition) is 5. The maximum atomic E-state index is 6.16. The van der Waals surface area contributed by atoms with E-state index in [1.165, 1.54) is 25.9 Å². The molecule has 0 radical (unpaired) electrons. The van der Waals surface area contributed by atoms with Gasteiger partial charge in [-0.3, -0.25) is 0 Å². The van der Waals surface area contributed by atoms with E-state index in [1.807, 2.05) is 18.2 Å². The van der Waals surface area contributed by atoms with Gasteiger partial charge >= 0.3 is 0 Å². The van der Waals surface area contributed by atoms with Crippen molar-refractivity contribution in [3.8, 4) is 15.8 Å². The summed E-state index contributed by atoms with van der Waals surface area (Å²) < 4.78 is 6.16. The molecule has 118 valence electrons. The molecule has 3 atom stereocenters. The summed E-state index contributed by atoms with van der Waals surface area (Å²) in [4.78, 5) is 2.56.